The van der Waals surface area contributed by atoms with Crippen LogP contribution in [0, 0.1) is 0 Å². The van der Waals surface area contributed by atoms with E-state index in [1.54, 1.807) is 66.7 Å². The molecule has 0 radical (unpaired) electrons. The van der Waals surface area contributed by atoms with Gasteiger partial charge in [0.15, 0.2) is 11.5 Å². The lowest BCUT2D eigenvalue weighted by Gasteiger charge is -2.10. The van der Waals surface area contributed by atoms with Crippen LogP contribution in [-0.2, 0) is 0 Å². The number of halogens is 2. The Hall–Kier alpha value is -3.35. The van der Waals surface area contributed by atoms with Crippen molar-refractivity contribution in [3.8, 4) is 11.5 Å². The van der Waals surface area contributed by atoms with Crippen molar-refractivity contribution >= 4 is 41.3 Å². The van der Waals surface area contributed by atoms with E-state index < -0.39 is 5.97 Å². The number of methoxy groups -OCH3 is 1. The fourth-order valence-corrected chi connectivity index (χ4v) is 2.80. The Labute approximate surface area is 183 Å². The van der Waals surface area contributed by atoms with Gasteiger partial charge in [0.1, 0.15) is 0 Å². The molecule has 0 heterocycles. The standard InChI is InChI=1S/C22H16Cl2N2O4/c1-29-20-12-14(13-25-26-21(27)15-7-9-16(23)10-8-15)6-11-19(20)30-22(28)17-4-2-3-5-18(17)24/h2-13H,1H3,(H,26,27)/b25-13-. The molecular formula is C22H16Cl2N2O4. The van der Waals surface area contributed by atoms with Gasteiger partial charge in [-0.05, 0) is 60.2 Å². The van der Waals surface area contributed by atoms with Gasteiger partial charge in [-0.1, -0.05) is 35.3 Å². The number of hydrazone groups is 1. The predicted molar refractivity (Wildman–Crippen MR) is 116 cm³/mol. The first-order valence-corrected chi connectivity index (χ1v) is 9.47. The minimum Gasteiger partial charge on any atom is -0.493 e. The van der Waals surface area contributed by atoms with E-state index >= 15 is 0 Å². The molecule has 8 heteroatoms. The van der Waals surface area contributed by atoms with E-state index in [1.807, 2.05) is 0 Å². The summed E-state index contributed by atoms with van der Waals surface area (Å²) in [5, 5.41) is 4.76. The fraction of sp³-hybridized carbons (Fsp3) is 0.0455. The lowest BCUT2D eigenvalue weighted by atomic mass is 10.2. The average molecular weight is 443 g/mol. The molecule has 0 saturated carbocycles. The van der Waals surface area contributed by atoms with Crippen molar-refractivity contribution in [3.63, 3.8) is 0 Å². The number of amides is 1. The van der Waals surface area contributed by atoms with E-state index in [2.05, 4.69) is 10.5 Å². The third kappa shape index (κ3) is 5.37. The smallest absolute Gasteiger partial charge is 0.345 e. The summed E-state index contributed by atoms with van der Waals surface area (Å²) in [5.74, 6) is -0.427. The van der Waals surface area contributed by atoms with Crippen molar-refractivity contribution in [3.05, 3.63) is 93.5 Å². The molecule has 3 aromatic carbocycles. The van der Waals surface area contributed by atoms with Gasteiger partial charge in [-0.3, -0.25) is 4.79 Å². The minimum absolute atomic E-state index is 0.227. The second-order valence-electron chi connectivity index (χ2n) is 5.99. The predicted octanol–water partition coefficient (Wildman–Crippen LogP) is 4.99. The summed E-state index contributed by atoms with van der Waals surface area (Å²) in [6, 6.07) is 17.9. The molecule has 3 rings (SSSR count). The molecule has 30 heavy (non-hydrogen) atoms. The Morgan fingerprint density at radius 3 is 2.40 bits per heavy atom. The number of benzene rings is 3. The van der Waals surface area contributed by atoms with Crippen LogP contribution in [0.1, 0.15) is 26.3 Å². The molecule has 0 fully saturated rings. The Morgan fingerprint density at radius 2 is 1.70 bits per heavy atom. The normalized spacial score (nSPS) is 10.6. The highest BCUT2D eigenvalue weighted by Crippen LogP contribution is 2.29. The van der Waals surface area contributed by atoms with Crippen molar-refractivity contribution in [2.75, 3.05) is 7.11 Å². The molecule has 0 spiro atoms. The highest BCUT2D eigenvalue weighted by atomic mass is 35.5. The van der Waals surface area contributed by atoms with E-state index in [1.165, 1.54) is 13.3 Å². The maximum atomic E-state index is 12.3. The lowest BCUT2D eigenvalue weighted by Crippen LogP contribution is -2.17. The Morgan fingerprint density at radius 1 is 0.967 bits per heavy atom. The third-order valence-corrected chi connectivity index (χ3v) is 4.55. The Balaban J connectivity index is 1.68. The van der Waals surface area contributed by atoms with Gasteiger partial charge in [-0.15, -0.1) is 0 Å². The average Bonchev–Trinajstić information content (AvgIpc) is 2.75. The number of carbonyl (C=O) groups is 2. The molecule has 6 nitrogen and oxygen atoms in total. The highest BCUT2D eigenvalue weighted by Gasteiger charge is 2.15. The molecule has 0 saturated heterocycles. The molecule has 0 aliphatic heterocycles. The monoisotopic (exact) mass is 442 g/mol. The van der Waals surface area contributed by atoms with E-state index in [0.717, 1.165) is 0 Å². The van der Waals surface area contributed by atoms with Gasteiger partial charge in [-0.2, -0.15) is 5.10 Å². The number of nitrogens with zero attached hydrogens (tertiary/aromatic N) is 1. The molecule has 0 atom stereocenters. The van der Waals surface area contributed by atoms with Crippen molar-refractivity contribution in [1.29, 1.82) is 0 Å². The molecule has 0 aliphatic rings. The molecule has 0 unspecified atom stereocenters. The molecule has 3 aromatic rings. The topological polar surface area (TPSA) is 77.0 Å². The second kappa shape index (κ2) is 9.91. The molecule has 1 N–H and O–H groups in total. The first-order valence-electron chi connectivity index (χ1n) is 8.71. The van der Waals surface area contributed by atoms with Crippen LogP contribution in [0.4, 0.5) is 0 Å². The minimum atomic E-state index is -0.601. The van der Waals surface area contributed by atoms with Crippen LogP contribution in [0.25, 0.3) is 0 Å². The summed E-state index contributed by atoms with van der Waals surface area (Å²) in [5.41, 5.74) is 3.73. The number of hydrogen-bond donors (Lipinski definition) is 1. The van der Waals surface area contributed by atoms with Gasteiger partial charge in [0, 0.05) is 10.6 Å². The third-order valence-electron chi connectivity index (χ3n) is 3.97. The summed E-state index contributed by atoms with van der Waals surface area (Å²) < 4.78 is 10.7. The number of rotatable bonds is 6. The number of ether oxygens (including phenoxy) is 2. The van der Waals surface area contributed by atoms with Gasteiger partial charge in [0.25, 0.3) is 5.91 Å². The zero-order valence-corrected chi connectivity index (χ0v) is 17.3. The lowest BCUT2D eigenvalue weighted by molar-refractivity contribution is 0.0729. The van der Waals surface area contributed by atoms with E-state index in [-0.39, 0.29) is 17.2 Å². The van der Waals surface area contributed by atoms with Crippen LogP contribution < -0.4 is 14.9 Å². The maximum absolute atomic E-state index is 12.3. The summed E-state index contributed by atoms with van der Waals surface area (Å²) in [4.78, 5) is 24.4. The molecular weight excluding hydrogens is 427 g/mol. The number of hydrogen-bond acceptors (Lipinski definition) is 5. The largest absolute Gasteiger partial charge is 0.493 e. The summed E-state index contributed by atoms with van der Waals surface area (Å²) in [6.07, 6.45) is 1.44. The first kappa shape index (κ1) is 21.4. The summed E-state index contributed by atoms with van der Waals surface area (Å²) >= 11 is 11.8. The fourth-order valence-electron chi connectivity index (χ4n) is 2.46. The van der Waals surface area contributed by atoms with Crippen LogP contribution in [0.5, 0.6) is 11.5 Å². The van der Waals surface area contributed by atoms with E-state index in [4.69, 9.17) is 32.7 Å². The Bertz CT molecular complexity index is 1100. The molecule has 0 bridgehead atoms. The zero-order valence-electron chi connectivity index (χ0n) is 15.8. The van der Waals surface area contributed by atoms with Crippen LogP contribution >= 0.6 is 23.2 Å². The van der Waals surface area contributed by atoms with Gasteiger partial charge in [-0.25, -0.2) is 10.2 Å². The van der Waals surface area contributed by atoms with Crippen LogP contribution in [0.2, 0.25) is 10.0 Å². The van der Waals surface area contributed by atoms with Crippen LogP contribution in [-0.4, -0.2) is 25.2 Å². The second-order valence-corrected chi connectivity index (χ2v) is 6.83. The first-order chi connectivity index (χ1) is 14.5. The van der Waals surface area contributed by atoms with E-state index in [0.29, 0.717) is 26.9 Å². The van der Waals surface area contributed by atoms with Crippen LogP contribution in [0.3, 0.4) is 0 Å². The zero-order chi connectivity index (χ0) is 21.5. The highest BCUT2D eigenvalue weighted by molar-refractivity contribution is 6.33. The number of esters is 1. The van der Waals surface area contributed by atoms with Gasteiger partial charge in [0.05, 0.1) is 23.9 Å². The van der Waals surface area contributed by atoms with E-state index in [9.17, 15) is 9.59 Å². The Kier molecular flexibility index (Phi) is 7.06. The van der Waals surface area contributed by atoms with Gasteiger partial charge in [0.2, 0.25) is 0 Å². The van der Waals surface area contributed by atoms with Gasteiger partial charge >= 0.3 is 5.97 Å². The van der Waals surface area contributed by atoms with Crippen LogP contribution in [0.15, 0.2) is 71.8 Å². The molecule has 0 aromatic heterocycles. The summed E-state index contributed by atoms with van der Waals surface area (Å²) in [7, 11) is 1.45. The number of nitrogens with one attached hydrogen (secondary N) is 1. The SMILES string of the molecule is COc1cc(/C=N\NC(=O)c2ccc(Cl)cc2)ccc1OC(=O)c1ccccc1Cl. The number of carbonyl (C=O) groups excluding carboxylic acids is 2. The summed E-state index contributed by atoms with van der Waals surface area (Å²) in [6.45, 7) is 0. The molecule has 1 amide bonds. The quantitative estimate of drug-likeness (QED) is 0.252. The van der Waals surface area contributed by atoms with Crippen molar-refractivity contribution in [2.24, 2.45) is 5.10 Å². The molecule has 0 aliphatic carbocycles. The molecule has 152 valence electrons. The van der Waals surface area contributed by atoms with Crippen molar-refractivity contribution < 1.29 is 19.1 Å². The van der Waals surface area contributed by atoms with Crippen molar-refractivity contribution in [2.45, 2.75) is 0 Å². The van der Waals surface area contributed by atoms with Gasteiger partial charge < -0.3 is 9.47 Å². The maximum Gasteiger partial charge on any atom is 0.345 e. The van der Waals surface area contributed by atoms with Crippen molar-refractivity contribution in [1.82, 2.24) is 5.43 Å².